The second-order valence-electron chi connectivity index (χ2n) is 5.62. The normalized spacial score (nSPS) is 11.6. The molecule has 1 aromatic heterocycles. The maximum Gasteiger partial charge on any atom is 0.265 e. The fourth-order valence-corrected chi connectivity index (χ4v) is 4.21. The van der Waals surface area contributed by atoms with Gasteiger partial charge in [0.25, 0.3) is 10.0 Å². The Hall–Kier alpha value is -2.45. The van der Waals surface area contributed by atoms with E-state index in [9.17, 15) is 17.2 Å². The van der Waals surface area contributed by atoms with E-state index in [1.807, 2.05) is 0 Å². The third-order valence-corrected chi connectivity index (χ3v) is 5.61. The topological polar surface area (TPSA) is 64.0 Å². The predicted octanol–water partition coefficient (Wildman–Crippen LogP) is 4.22. The number of hydrogen-bond donors (Lipinski definition) is 1. The minimum atomic E-state index is -4.13. The smallest absolute Gasteiger partial charge is 0.265 e. The average molecular weight is 398 g/mol. The zero-order valence-corrected chi connectivity index (χ0v) is 15.4. The molecule has 0 aliphatic carbocycles. The molecule has 3 aromatic rings. The van der Waals surface area contributed by atoms with E-state index in [1.165, 1.54) is 11.6 Å². The summed E-state index contributed by atoms with van der Waals surface area (Å²) < 4.78 is 55.9. The third kappa shape index (κ3) is 3.42. The lowest BCUT2D eigenvalue weighted by Gasteiger charge is -2.10. The van der Waals surface area contributed by atoms with Gasteiger partial charge in [0, 0.05) is 11.1 Å². The van der Waals surface area contributed by atoms with Crippen LogP contribution in [0.15, 0.2) is 47.4 Å². The molecule has 0 saturated heterocycles. The number of halogens is 3. The lowest BCUT2D eigenvalue weighted by Crippen LogP contribution is -2.16. The van der Waals surface area contributed by atoms with E-state index in [0.717, 1.165) is 12.1 Å². The molecule has 0 atom stereocenters. The minimum absolute atomic E-state index is 0.0730. The van der Waals surface area contributed by atoms with Crippen LogP contribution in [0.2, 0.25) is 5.02 Å². The van der Waals surface area contributed by atoms with Crippen molar-refractivity contribution in [1.82, 2.24) is 9.78 Å². The quantitative estimate of drug-likeness (QED) is 0.716. The van der Waals surface area contributed by atoms with Crippen molar-refractivity contribution >= 4 is 27.3 Å². The van der Waals surface area contributed by atoms with Gasteiger partial charge in [0.1, 0.15) is 16.5 Å². The van der Waals surface area contributed by atoms with Gasteiger partial charge in [-0.05, 0) is 50.2 Å². The second-order valence-corrected chi connectivity index (χ2v) is 7.67. The summed E-state index contributed by atoms with van der Waals surface area (Å²) in [4.78, 5) is -0.0730. The number of benzene rings is 2. The number of nitrogens with zero attached hydrogens (tertiary/aromatic N) is 2. The first-order valence-corrected chi connectivity index (χ1v) is 9.35. The monoisotopic (exact) mass is 397 g/mol. The Bertz CT molecular complexity index is 1080. The SMILES string of the molecule is Cc1nn(-c2ccc(Cl)cc2)c(C)c1S(=O)(=O)Nc1ccc(F)cc1F. The first-order valence-electron chi connectivity index (χ1n) is 7.49. The van der Waals surface area contributed by atoms with Crippen LogP contribution in [0, 0.1) is 25.5 Å². The molecule has 0 spiro atoms. The summed E-state index contributed by atoms with van der Waals surface area (Å²) in [6.07, 6.45) is 0. The number of aromatic nitrogens is 2. The summed E-state index contributed by atoms with van der Waals surface area (Å²) in [6, 6.07) is 9.32. The third-order valence-electron chi connectivity index (χ3n) is 3.74. The molecule has 26 heavy (non-hydrogen) atoms. The van der Waals surface area contributed by atoms with E-state index >= 15 is 0 Å². The van der Waals surface area contributed by atoms with E-state index in [0.29, 0.717) is 22.5 Å². The molecule has 136 valence electrons. The Kier molecular flexibility index (Phi) is 4.72. The van der Waals surface area contributed by atoms with Crippen LogP contribution in [0.3, 0.4) is 0 Å². The number of rotatable bonds is 4. The van der Waals surface area contributed by atoms with Crippen LogP contribution < -0.4 is 4.72 Å². The largest absolute Gasteiger partial charge is 0.277 e. The van der Waals surface area contributed by atoms with Crippen molar-refractivity contribution in [3.05, 3.63) is 70.5 Å². The number of sulfonamides is 1. The van der Waals surface area contributed by atoms with Crippen LogP contribution in [0.4, 0.5) is 14.5 Å². The van der Waals surface area contributed by atoms with Gasteiger partial charge in [0.2, 0.25) is 0 Å². The molecule has 0 radical (unpaired) electrons. The highest BCUT2D eigenvalue weighted by Crippen LogP contribution is 2.26. The number of anilines is 1. The summed E-state index contributed by atoms with van der Waals surface area (Å²) >= 11 is 5.87. The summed E-state index contributed by atoms with van der Waals surface area (Å²) in [6.45, 7) is 3.12. The molecule has 0 saturated carbocycles. The van der Waals surface area contributed by atoms with Gasteiger partial charge < -0.3 is 0 Å². The Balaban J connectivity index is 2.04. The van der Waals surface area contributed by atoms with Crippen molar-refractivity contribution in [3.8, 4) is 5.69 Å². The van der Waals surface area contributed by atoms with Crippen molar-refractivity contribution < 1.29 is 17.2 Å². The van der Waals surface area contributed by atoms with Crippen LogP contribution in [0.5, 0.6) is 0 Å². The highest BCUT2D eigenvalue weighted by molar-refractivity contribution is 7.92. The maximum absolute atomic E-state index is 13.8. The highest BCUT2D eigenvalue weighted by atomic mass is 35.5. The molecule has 1 N–H and O–H groups in total. The van der Waals surface area contributed by atoms with Crippen molar-refractivity contribution in [3.63, 3.8) is 0 Å². The Morgan fingerprint density at radius 2 is 1.73 bits per heavy atom. The average Bonchev–Trinajstić information content (AvgIpc) is 2.86. The molecule has 9 heteroatoms. The highest BCUT2D eigenvalue weighted by Gasteiger charge is 2.26. The molecule has 2 aromatic carbocycles. The molecule has 0 amide bonds. The molecule has 1 heterocycles. The van der Waals surface area contributed by atoms with Gasteiger partial charge in [0.05, 0.1) is 22.8 Å². The molecule has 0 bridgehead atoms. The van der Waals surface area contributed by atoms with Crippen LogP contribution in [0.25, 0.3) is 5.69 Å². The molecule has 0 fully saturated rings. The minimum Gasteiger partial charge on any atom is -0.277 e. The number of hydrogen-bond acceptors (Lipinski definition) is 3. The van der Waals surface area contributed by atoms with Crippen molar-refractivity contribution in [2.75, 3.05) is 4.72 Å². The maximum atomic E-state index is 13.8. The van der Waals surface area contributed by atoms with Crippen molar-refractivity contribution in [2.45, 2.75) is 18.7 Å². The van der Waals surface area contributed by atoms with Crippen LogP contribution in [-0.4, -0.2) is 18.2 Å². The molecule has 0 aliphatic rings. The first-order chi connectivity index (χ1) is 12.2. The van der Waals surface area contributed by atoms with Crippen molar-refractivity contribution in [2.24, 2.45) is 0 Å². The Morgan fingerprint density at radius 1 is 1.08 bits per heavy atom. The summed E-state index contributed by atoms with van der Waals surface area (Å²) in [7, 11) is -4.13. The predicted molar refractivity (Wildman–Crippen MR) is 95.2 cm³/mol. The molecular formula is C17H14ClF2N3O2S. The van der Waals surface area contributed by atoms with E-state index in [4.69, 9.17) is 11.6 Å². The lowest BCUT2D eigenvalue weighted by molar-refractivity contribution is 0.582. The van der Waals surface area contributed by atoms with Gasteiger partial charge >= 0.3 is 0 Å². The van der Waals surface area contributed by atoms with Gasteiger partial charge in [-0.1, -0.05) is 11.6 Å². The molecular weight excluding hydrogens is 384 g/mol. The van der Waals surface area contributed by atoms with Crippen LogP contribution in [0.1, 0.15) is 11.4 Å². The van der Waals surface area contributed by atoms with Gasteiger partial charge in [-0.25, -0.2) is 21.9 Å². The molecule has 5 nitrogen and oxygen atoms in total. The fraction of sp³-hybridized carbons (Fsp3) is 0.118. The van der Waals surface area contributed by atoms with Crippen LogP contribution in [-0.2, 0) is 10.0 Å². The van der Waals surface area contributed by atoms with E-state index in [2.05, 4.69) is 9.82 Å². The van der Waals surface area contributed by atoms with E-state index in [1.54, 1.807) is 31.2 Å². The van der Waals surface area contributed by atoms with Gasteiger partial charge in [-0.3, -0.25) is 4.72 Å². The van der Waals surface area contributed by atoms with Crippen molar-refractivity contribution in [1.29, 1.82) is 0 Å². The lowest BCUT2D eigenvalue weighted by atomic mass is 10.3. The fourth-order valence-electron chi connectivity index (χ4n) is 2.62. The molecule has 3 rings (SSSR count). The second kappa shape index (κ2) is 6.69. The van der Waals surface area contributed by atoms with E-state index in [-0.39, 0.29) is 16.3 Å². The summed E-state index contributed by atoms with van der Waals surface area (Å²) in [5.41, 5.74) is 0.876. The van der Waals surface area contributed by atoms with Gasteiger partial charge in [-0.15, -0.1) is 0 Å². The summed E-state index contributed by atoms with van der Waals surface area (Å²) in [5, 5.41) is 4.79. The first kappa shape index (κ1) is 18.3. The number of nitrogens with one attached hydrogen (secondary N) is 1. The Morgan fingerprint density at radius 3 is 2.35 bits per heavy atom. The standard InChI is InChI=1S/C17H14ClF2N3O2S/c1-10-17(11(2)23(21-10)14-6-3-12(18)4-7-14)26(24,25)22-16-8-5-13(19)9-15(16)20/h3-9,22H,1-2H3. The van der Waals surface area contributed by atoms with Gasteiger partial charge in [-0.2, -0.15) is 5.10 Å². The van der Waals surface area contributed by atoms with Gasteiger partial charge in [0.15, 0.2) is 0 Å². The zero-order chi connectivity index (χ0) is 19.1. The number of aryl methyl sites for hydroxylation is 1. The van der Waals surface area contributed by atoms with Crippen LogP contribution >= 0.6 is 11.6 Å². The molecule has 0 aliphatic heterocycles. The Labute approximate surface area is 154 Å². The molecule has 0 unspecified atom stereocenters. The zero-order valence-electron chi connectivity index (χ0n) is 13.8. The van der Waals surface area contributed by atoms with E-state index < -0.39 is 21.7 Å². The summed E-state index contributed by atoms with van der Waals surface area (Å²) in [5.74, 6) is -1.80.